The van der Waals surface area contributed by atoms with Crippen molar-refractivity contribution < 1.29 is 13.5 Å². The van der Waals surface area contributed by atoms with Gasteiger partial charge in [-0.2, -0.15) is 8.78 Å². The Balaban J connectivity index is 2.09. The molecule has 0 aromatic heterocycles. The van der Waals surface area contributed by atoms with Gasteiger partial charge in [0, 0.05) is 16.7 Å². The molecule has 112 valence electrons. The number of alkyl halides is 2. The van der Waals surface area contributed by atoms with E-state index in [4.69, 9.17) is 23.2 Å². The highest BCUT2D eigenvalue weighted by atomic mass is 79.9. The summed E-state index contributed by atoms with van der Waals surface area (Å²) in [6, 6.07) is 10.7. The number of ether oxygens (including phenoxy) is 1. The Morgan fingerprint density at radius 2 is 1.67 bits per heavy atom. The zero-order valence-electron chi connectivity index (χ0n) is 10.5. The Hall–Kier alpha value is -1.04. The van der Waals surface area contributed by atoms with E-state index < -0.39 is 6.61 Å². The van der Waals surface area contributed by atoms with Crippen molar-refractivity contribution in [2.75, 3.05) is 5.32 Å². The maximum absolute atomic E-state index is 12.2. The molecular weight excluding hydrogens is 387 g/mol. The number of halogens is 5. The Kier molecular flexibility index (Phi) is 5.67. The van der Waals surface area contributed by atoms with E-state index in [0.29, 0.717) is 12.2 Å². The van der Waals surface area contributed by atoms with Gasteiger partial charge < -0.3 is 10.1 Å². The second-order valence-electron chi connectivity index (χ2n) is 4.13. The van der Waals surface area contributed by atoms with Crippen LogP contribution in [0.5, 0.6) is 5.75 Å². The standard InChI is InChI=1S/C14H10BrCl2F2NO/c15-9-3-1-8(2-4-9)7-20-10-5-11(16)13(12(17)6-10)21-14(18)19/h1-6,14,20H,7H2. The number of hydrogen-bond acceptors (Lipinski definition) is 2. The first-order chi connectivity index (χ1) is 9.95. The van der Waals surface area contributed by atoms with Crippen molar-refractivity contribution in [2.45, 2.75) is 13.2 Å². The molecule has 0 amide bonds. The van der Waals surface area contributed by atoms with Gasteiger partial charge in [0.05, 0.1) is 10.0 Å². The summed E-state index contributed by atoms with van der Waals surface area (Å²) in [5, 5.41) is 3.17. The van der Waals surface area contributed by atoms with Gasteiger partial charge in [-0.1, -0.05) is 51.3 Å². The molecule has 0 unspecified atom stereocenters. The lowest BCUT2D eigenvalue weighted by Crippen LogP contribution is -2.04. The van der Waals surface area contributed by atoms with Gasteiger partial charge in [-0.15, -0.1) is 0 Å². The first-order valence-corrected chi connectivity index (χ1v) is 7.43. The van der Waals surface area contributed by atoms with E-state index in [2.05, 4.69) is 26.0 Å². The van der Waals surface area contributed by atoms with Crippen molar-refractivity contribution in [1.29, 1.82) is 0 Å². The highest BCUT2D eigenvalue weighted by molar-refractivity contribution is 9.10. The third-order valence-electron chi connectivity index (χ3n) is 2.62. The van der Waals surface area contributed by atoms with Crippen LogP contribution in [-0.2, 0) is 6.54 Å². The Morgan fingerprint density at radius 1 is 1.10 bits per heavy atom. The predicted octanol–water partition coefficient (Wildman–Crippen LogP) is 5.97. The molecule has 2 aromatic carbocycles. The fourth-order valence-corrected chi connectivity index (χ4v) is 2.51. The Bertz CT molecular complexity index is 600. The second-order valence-corrected chi connectivity index (χ2v) is 5.86. The molecule has 0 saturated carbocycles. The van der Waals surface area contributed by atoms with Gasteiger partial charge in [0.15, 0.2) is 5.75 Å². The average molecular weight is 397 g/mol. The largest absolute Gasteiger partial charge is 0.432 e. The molecule has 0 aliphatic carbocycles. The van der Waals surface area contributed by atoms with E-state index in [1.54, 1.807) is 0 Å². The highest BCUT2D eigenvalue weighted by Crippen LogP contribution is 2.37. The van der Waals surface area contributed by atoms with E-state index in [1.165, 1.54) is 12.1 Å². The van der Waals surface area contributed by atoms with E-state index in [1.807, 2.05) is 24.3 Å². The lowest BCUT2D eigenvalue weighted by molar-refractivity contribution is -0.0497. The number of rotatable bonds is 5. The minimum absolute atomic E-state index is 0.0288. The first-order valence-electron chi connectivity index (χ1n) is 5.88. The molecule has 0 saturated heterocycles. The summed E-state index contributed by atoms with van der Waals surface area (Å²) in [5.41, 5.74) is 1.67. The third kappa shape index (κ3) is 4.73. The molecule has 7 heteroatoms. The second kappa shape index (κ2) is 7.29. The number of benzene rings is 2. The van der Waals surface area contributed by atoms with Crippen LogP contribution >= 0.6 is 39.1 Å². The van der Waals surface area contributed by atoms with Crippen LogP contribution in [-0.4, -0.2) is 6.61 Å². The fraction of sp³-hybridized carbons (Fsp3) is 0.143. The minimum Gasteiger partial charge on any atom is -0.432 e. The maximum Gasteiger partial charge on any atom is 0.387 e. The van der Waals surface area contributed by atoms with Crippen LogP contribution in [0.4, 0.5) is 14.5 Å². The molecule has 0 heterocycles. The smallest absolute Gasteiger partial charge is 0.387 e. The minimum atomic E-state index is -2.97. The summed E-state index contributed by atoms with van der Waals surface area (Å²) in [4.78, 5) is 0. The van der Waals surface area contributed by atoms with Gasteiger partial charge in [-0.3, -0.25) is 0 Å². The molecular formula is C14H10BrCl2F2NO. The molecule has 0 aliphatic heterocycles. The van der Waals surface area contributed by atoms with Gasteiger partial charge >= 0.3 is 6.61 Å². The SMILES string of the molecule is FC(F)Oc1c(Cl)cc(NCc2ccc(Br)cc2)cc1Cl. The summed E-state index contributed by atoms with van der Waals surface area (Å²) in [6.45, 7) is -2.42. The lowest BCUT2D eigenvalue weighted by atomic mass is 10.2. The van der Waals surface area contributed by atoms with Crippen molar-refractivity contribution in [3.05, 3.63) is 56.5 Å². The molecule has 0 fully saturated rings. The molecule has 0 spiro atoms. The Morgan fingerprint density at radius 3 is 2.19 bits per heavy atom. The topological polar surface area (TPSA) is 21.3 Å². The van der Waals surface area contributed by atoms with Crippen molar-refractivity contribution in [2.24, 2.45) is 0 Å². The molecule has 2 rings (SSSR count). The van der Waals surface area contributed by atoms with Crippen molar-refractivity contribution in [1.82, 2.24) is 0 Å². The summed E-state index contributed by atoms with van der Waals surface area (Å²) < 4.78 is 29.7. The number of hydrogen-bond donors (Lipinski definition) is 1. The van der Waals surface area contributed by atoms with Gasteiger partial charge in [-0.05, 0) is 29.8 Å². The zero-order valence-corrected chi connectivity index (χ0v) is 13.6. The average Bonchev–Trinajstić information content (AvgIpc) is 2.42. The van der Waals surface area contributed by atoms with Gasteiger partial charge in [0.25, 0.3) is 0 Å². The van der Waals surface area contributed by atoms with Crippen LogP contribution in [0.15, 0.2) is 40.9 Å². The van der Waals surface area contributed by atoms with E-state index >= 15 is 0 Å². The number of anilines is 1. The summed E-state index contributed by atoms with van der Waals surface area (Å²) in [6.07, 6.45) is 0. The monoisotopic (exact) mass is 395 g/mol. The molecule has 0 atom stereocenters. The molecule has 0 bridgehead atoms. The quantitative estimate of drug-likeness (QED) is 0.672. The van der Waals surface area contributed by atoms with Crippen molar-refractivity contribution in [3.63, 3.8) is 0 Å². The van der Waals surface area contributed by atoms with Gasteiger partial charge in [0.1, 0.15) is 0 Å². The molecule has 21 heavy (non-hydrogen) atoms. The highest BCUT2D eigenvalue weighted by Gasteiger charge is 2.14. The van der Waals surface area contributed by atoms with Crippen molar-refractivity contribution >= 4 is 44.8 Å². The molecule has 2 nitrogen and oxygen atoms in total. The van der Waals surface area contributed by atoms with Crippen LogP contribution in [0.25, 0.3) is 0 Å². The van der Waals surface area contributed by atoms with Crippen LogP contribution in [0.3, 0.4) is 0 Å². The van der Waals surface area contributed by atoms with Gasteiger partial charge in [0.2, 0.25) is 0 Å². The summed E-state index contributed by atoms with van der Waals surface area (Å²) in [5.74, 6) is -0.220. The summed E-state index contributed by atoms with van der Waals surface area (Å²) >= 11 is 15.1. The van der Waals surface area contributed by atoms with Crippen LogP contribution in [0.1, 0.15) is 5.56 Å². The number of nitrogens with one attached hydrogen (secondary N) is 1. The van der Waals surface area contributed by atoms with Crippen LogP contribution < -0.4 is 10.1 Å². The van der Waals surface area contributed by atoms with Crippen LogP contribution in [0, 0.1) is 0 Å². The Labute approximate surface area is 139 Å². The lowest BCUT2D eigenvalue weighted by Gasteiger charge is -2.12. The molecule has 0 radical (unpaired) electrons. The predicted molar refractivity (Wildman–Crippen MR) is 84.6 cm³/mol. The fourth-order valence-electron chi connectivity index (χ4n) is 1.67. The summed E-state index contributed by atoms with van der Waals surface area (Å²) in [7, 11) is 0. The third-order valence-corrected chi connectivity index (χ3v) is 3.71. The molecule has 0 aliphatic rings. The first kappa shape index (κ1) is 16.3. The molecule has 2 aromatic rings. The van der Waals surface area contributed by atoms with E-state index in [9.17, 15) is 8.78 Å². The normalized spacial score (nSPS) is 10.8. The zero-order chi connectivity index (χ0) is 15.4. The van der Waals surface area contributed by atoms with E-state index in [0.717, 1.165) is 10.0 Å². The molecule has 1 N–H and O–H groups in total. The maximum atomic E-state index is 12.2. The van der Waals surface area contributed by atoms with Gasteiger partial charge in [-0.25, -0.2) is 0 Å². The van der Waals surface area contributed by atoms with Crippen molar-refractivity contribution in [3.8, 4) is 5.75 Å². The van der Waals surface area contributed by atoms with Crippen LogP contribution in [0.2, 0.25) is 10.0 Å². The van der Waals surface area contributed by atoms with E-state index in [-0.39, 0.29) is 15.8 Å².